The molecule has 2 aromatic rings. The number of nitro benzene ring substituents is 1. The minimum Gasteiger partial charge on any atom is -0.325 e. The molecule has 4 rings (SSSR count). The van der Waals surface area contributed by atoms with Crippen LogP contribution in [0.15, 0.2) is 42.5 Å². The van der Waals surface area contributed by atoms with Crippen molar-refractivity contribution in [3.05, 3.63) is 69.3 Å². The summed E-state index contributed by atoms with van der Waals surface area (Å²) in [5.41, 5.74) is -1.08. The van der Waals surface area contributed by atoms with Crippen LogP contribution >= 0.6 is 0 Å². The summed E-state index contributed by atoms with van der Waals surface area (Å²) in [6, 6.07) is 8.64. The Morgan fingerprint density at radius 3 is 2.48 bits per heavy atom. The van der Waals surface area contributed by atoms with E-state index in [2.05, 4.69) is 10.6 Å². The molecule has 6 amide bonds. The quantitative estimate of drug-likeness (QED) is 0.299. The fraction of sp³-hybridized carbons (Fsp3) is 0.190. The van der Waals surface area contributed by atoms with Crippen LogP contribution in [-0.4, -0.2) is 58.0 Å². The van der Waals surface area contributed by atoms with Gasteiger partial charge in [-0.3, -0.25) is 39.1 Å². The Morgan fingerprint density at radius 2 is 1.79 bits per heavy atom. The van der Waals surface area contributed by atoms with Crippen molar-refractivity contribution in [2.24, 2.45) is 0 Å². The minimum absolute atomic E-state index is 0.133. The summed E-state index contributed by atoms with van der Waals surface area (Å²) in [7, 11) is 1.35. The third-order valence-corrected chi connectivity index (χ3v) is 5.58. The van der Waals surface area contributed by atoms with E-state index in [0.717, 1.165) is 4.90 Å². The standard InChI is InChI=1S/C21H17N5O7/c1-21(11-4-3-5-13(8-11)26(32)33)19(30)25(20(31)23-21)10-16(27)22-12-6-7-14-15(9-12)18(29)24(2)17(14)28/h3-9H,10H2,1-2H3,(H,22,27)(H,23,31). The van der Waals surface area contributed by atoms with E-state index in [1.165, 1.54) is 56.4 Å². The molecule has 0 bridgehead atoms. The lowest BCUT2D eigenvalue weighted by atomic mass is 9.91. The Morgan fingerprint density at radius 1 is 1.09 bits per heavy atom. The molecule has 2 aliphatic rings. The van der Waals surface area contributed by atoms with Crippen LogP contribution in [0.5, 0.6) is 0 Å². The van der Waals surface area contributed by atoms with E-state index in [1.807, 2.05) is 0 Å². The molecule has 2 N–H and O–H groups in total. The van der Waals surface area contributed by atoms with Crippen molar-refractivity contribution >= 4 is 41.0 Å². The van der Waals surface area contributed by atoms with Crippen molar-refractivity contribution in [3.63, 3.8) is 0 Å². The predicted octanol–water partition coefficient (Wildman–Crippen LogP) is 1.23. The molecule has 0 radical (unpaired) electrons. The number of hydrogen-bond donors (Lipinski definition) is 2. The highest BCUT2D eigenvalue weighted by molar-refractivity contribution is 6.21. The third-order valence-electron chi connectivity index (χ3n) is 5.58. The summed E-state index contributed by atoms with van der Waals surface area (Å²) in [5.74, 6) is -2.42. The second kappa shape index (κ2) is 7.51. The molecule has 2 aliphatic heterocycles. The van der Waals surface area contributed by atoms with Crippen LogP contribution in [0, 0.1) is 10.1 Å². The molecule has 0 aromatic heterocycles. The predicted molar refractivity (Wildman–Crippen MR) is 112 cm³/mol. The summed E-state index contributed by atoms with van der Waals surface area (Å²) in [6.07, 6.45) is 0. The van der Waals surface area contributed by atoms with Gasteiger partial charge in [-0.1, -0.05) is 12.1 Å². The summed E-state index contributed by atoms with van der Waals surface area (Å²) >= 11 is 0. The van der Waals surface area contributed by atoms with E-state index in [0.29, 0.717) is 4.90 Å². The normalized spacial score (nSPS) is 19.6. The summed E-state index contributed by atoms with van der Waals surface area (Å²) in [6.45, 7) is 0.767. The molecular formula is C21H17N5O7. The molecule has 168 valence electrons. The topological polar surface area (TPSA) is 159 Å². The Hall–Kier alpha value is -4.61. The van der Waals surface area contributed by atoms with E-state index in [-0.39, 0.29) is 28.1 Å². The molecule has 12 heteroatoms. The number of fused-ring (bicyclic) bond motifs is 1. The van der Waals surface area contributed by atoms with Crippen molar-refractivity contribution in [3.8, 4) is 0 Å². The van der Waals surface area contributed by atoms with Crippen molar-refractivity contribution < 1.29 is 28.9 Å². The average Bonchev–Trinajstić information content (AvgIpc) is 3.13. The molecule has 1 unspecified atom stereocenters. The highest BCUT2D eigenvalue weighted by atomic mass is 16.6. The van der Waals surface area contributed by atoms with Gasteiger partial charge in [0.05, 0.1) is 16.1 Å². The van der Waals surface area contributed by atoms with Crippen LogP contribution in [0.1, 0.15) is 33.2 Å². The molecule has 2 aromatic carbocycles. The molecule has 1 atom stereocenters. The summed E-state index contributed by atoms with van der Waals surface area (Å²) in [4.78, 5) is 74.1. The summed E-state index contributed by atoms with van der Waals surface area (Å²) < 4.78 is 0. The fourth-order valence-corrected chi connectivity index (χ4v) is 3.75. The van der Waals surface area contributed by atoms with Gasteiger partial charge in [0.2, 0.25) is 5.91 Å². The van der Waals surface area contributed by atoms with E-state index in [1.54, 1.807) is 0 Å². The number of urea groups is 1. The van der Waals surface area contributed by atoms with Crippen molar-refractivity contribution in [2.45, 2.75) is 12.5 Å². The van der Waals surface area contributed by atoms with Crippen LogP contribution in [0.2, 0.25) is 0 Å². The molecule has 12 nitrogen and oxygen atoms in total. The van der Waals surface area contributed by atoms with E-state index < -0.39 is 46.7 Å². The molecule has 0 saturated carbocycles. The number of nitrogens with one attached hydrogen (secondary N) is 2. The molecule has 0 spiro atoms. The Bertz CT molecular complexity index is 1270. The molecule has 33 heavy (non-hydrogen) atoms. The van der Waals surface area contributed by atoms with Crippen LogP contribution in [-0.2, 0) is 15.1 Å². The molecule has 2 heterocycles. The van der Waals surface area contributed by atoms with Gasteiger partial charge in [0.15, 0.2) is 0 Å². The lowest BCUT2D eigenvalue weighted by Gasteiger charge is -2.22. The zero-order valence-electron chi connectivity index (χ0n) is 17.4. The van der Waals surface area contributed by atoms with Crippen molar-refractivity contribution in [1.29, 1.82) is 0 Å². The van der Waals surface area contributed by atoms with E-state index >= 15 is 0 Å². The Kier molecular flexibility index (Phi) is 4.92. The van der Waals surface area contributed by atoms with Gasteiger partial charge in [0.1, 0.15) is 12.1 Å². The molecule has 1 fully saturated rings. The number of hydrogen-bond acceptors (Lipinski definition) is 7. The molecule has 0 aliphatic carbocycles. The van der Waals surface area contributed by atoms with Crippen LogP contribution in [0.3, 0.4) is 0 Å². The smallest absolute Gasteiger partial charge is 0.325 e. The van der Waals surface area contributed by atoms with Gasteiger partial charge in [-0.05, 0) is 30.7 Å². The van der Waals surface area contributed by atoms with E-state index in [9.17, 15) is 34.1 Å². The first-order valence-electron chi connectivity index (χ1n) is 9.68. The number of rotatable bonds is 5. The Labute approximate surface area is 186 Å². The van der Waals surface area contributed by atoms with Gasteiger partial charge < -0.3 is 10.6 Å². The highest BCUT2D eigenvalue weighted by Gasteiger charge is 2.50. The number of amides is 6. The van der Waals surface area contributed by atoms with Gasteiger partial charge >= 0.3 is 6.03 Å². The number of anilines is 1. The fourth-order valence-electron chi connectivity index (χ4n) is 3.75. The lowest BCUT2D eigenvalue weighted by Crippen LogP contribution is -2.42. The second-order valence-corrected chi connectivity index (χ2v) is 7.73. The zero-order valence-corrected chi connectivity index (χ0v) is 17.4. The van der Waals surface area contributed by atoms with Crippen LogP contribution in [0.25, 0.3) is 0 Å². The maximum absolute atomic E-state index is 13.0. The second-order valence-electron chi connectivity index (χ2n) is 7.73. The monoisotopic (exact) mass is 451 g/mol. The lowest BCUT2D eigenvalue weighted by molar-refractivity contribution is -0.385. The minimum atomic E-state index is -1.59. The van der Waals surface area contributed by atoms with Gasteiger partial charge in [-0.15, -0.1) is 0 Å². The largest absolute Gasteiger partial charge is 0.325 e. The van der Waals surface area contributed by atoms with Crippen molar-refractivity contribution in [2.75, 3.05) is 18.9 Å². The number of imide groups is 2. The number of carbonyl (C=O) groups is 5. The molecular weight excluding hydrogens is 434 g/mol. The van der Waals surface area contributed by atoms with Gasteiger partial charge in [0.25, 0.3) is 23.4 Å². The maximum Gasteiger partial charge on any atom is 0.325 e. The zero-order chi connectivity index (χ0) is 24.1. The van der Waals surface area contributed by atoms with Crippen LogP contribution in [0.4, 0.5) is 16.2 Å². The van der Waals surface area contributed by atoms with Gasteiger partial charge in [0, 0.05) is 24.9 Å². The average molecular weight is 451 g/mol. The van der Waals surface area contributed by atoms with Crippen molar-refractivity contribution in [1.82, 2.24) is 15.1 Å². The number of nitro groups is 1. The first-order valence-corrected chi connectivity index (χ1v) is 9.68. The van der Waals surface area contributed by atoms with Crippen LogP contribution < -0.4 is 10.6 Å². The Balaban J connectivity index is 1.50. The highest BCUT2D eigenvalue weighted by Crippen LogP contribution is 2.31. The van der Waals surface area contributed by atoms with Gasteiger partial charge in [-0.25, -0.2) is 4.79 Å². The number of non-ortho nitro benzene ring substituents is 1. The number of benzene rings is 2. The molecule has 1 saturated heterocycles. The first kappa shape index (κ1) is 21.6. The number of carbonyl (C=O) groups excluding carboxylic acids is 5. The third kappa shape index (κ3) is 3.46. The van der Waals surface area contributed by atoms with E-state index in [4.69, 9.17) is 0 Å². The SMILES string of the molecule is CN1C(=O)c2ccc(NC(=O)CN3C(=O)NC(C)(c4cccc([N+](=O)[O-])c4)C3=O)cc2C1=O. The maximum atomic E-state index is 13.0. The number of nitrogens with zero attached hydrogens (tertiary/aromatic N) is 3. The van der Waals surface area contributed by atoms with Gasteiger partial charge in [-0.2, -0.15) is 0 Å². The first-order chi connectivity index (χ1) is 15.5. The summed E-state index contributed by atoms with van der Waals surface area (Å²) in [5, 5.41) is 16.0.